The Kier molecular flexibility index (Phi) is 65.2. The van der Waals surface area contributed by atoms with Crippen molar-refractivity contribution >= 4 is 47.8 Å². The number of hydrogen-bond acceptors (Lipinski definition) is 24. The first kappa shape index (κ1) is 103. The van der Waals surface area contributed by atoms with Crippen molar-refractivity contribution in [2.45, 2.75) is 108 Å². The van der Waals surface area contributed by atoms with Crippen molar-refractivity contribution in [2.75, 3.05) is 126 Å². The topological polar surface area (TPSA) is 284 Å². The number of rotatable bonds is 20. The molecular formula is C76H112F4O24. The third-order valence-corrected chi connectivity index (χ3v) is 13.0. The molecule has 0 bridgehead atoms. The van der Waals surface area contributed by atoms with E-state index < -0.39 is 40.6 Å². The SMILES string of the molecule is CC.CCC(C)COc1ccc(C(=O)OC)cc1.CCOCOC.COC.COC(=O)C1CCC(C)CC1.COC(=O)CC(C)C.COC(=O)c1c(F)c(F)c(OC)c(F)c1F.COC(=O)c1ccc(C)cc1.COC(=O)c1ccc(OC)cc1.COC(C)=O.COCOc1ccc(C(=O)OC)cc1. The highest BCUT2D eigenvalue weighted by Crippen LogP contribution is 2.31. The monoisotopic (exact) mass is 1480 g/mol. The van der Waals surface area contributed by atoms with Gasteiger partial charge in [-0.3, -0.25) is 14.4 Å². The Morgan fingerprint density at radius 2 is 0.808 bits per heavy atom. The van der Waals surface area contributed by atoms with Crippen LogP contribution in [-0.2, 0) is 71.2 Å². The summed E-state index contributed by atoms with van der Waals surface area (Å²) in [5.74, 6) is -7.64. The number of carbonyl (C=O) groups is 8. The summed E-state index contributed by atoms with van der Waals surface area (Å²) in [6.07, 6.45) is 6.03. The molecule has 0 radical (unpaired) electrons. The Hall–Kier alpha value is -9.38. The van der Waals surface area contributed by atoms with Gasteiger partial charge in [-0.25, -0.2) is 32.8 Å². The molecule has 0 N–H and O–H groups in total. The number of carbonyl (C=O) groups excluding carboxylic acids is 8. The number of hydrogen-bond donors (Lipinski definition) is 0. The van der Waals surface area contributed by atoms with Crippen LogP contribution < -0.4 is 18.9 Å². The summed E-state index contributed by atoms with van der Waals surface area (Å²) < 4.78 is 126. The molecule has 1 aliphatic rings. The summed E-state index contributed by atoms with van der Waals surface area (Å²) in [5.41, 5.74) is 1.86. The average Bonchev–Trinajstić information content (AvgIpc) is 0.784. The maximum Gasteiger partial charge on any atom is 0.344 e. The van der Waals surface area contributed by atoms with Gasteiger partial charge in [-0.05, 0) is 142 Å². The quantitative estimate of drug-likeness (QED) is 0.0175. The van der Waals surface area contributed by atoms with Gasteiger partial charge in [0.25, 0.3) is 0 Å². The lowest BCUT2D eigenvalue weighted by Crippen LogP contribution is -2.21. The average molecular weight is 1490 g/mol. The van der Waals surface area contributed by atoms with Crippen LogP contribution in [0.4, 0.5) is 17.6 Å². The molecule has 1 unspecified atom stereocenters. The van der Waals surface area contributed by atoms with Crippen LogP contribution in [0.2, 0.25) is 0 Å². The van der Waals surface area contributed by atoms with Crippen LogP contribution in [0.15, 0.2) is 97.1 Å². The molecule has 0 amide bonds. The first-order valence-electron chi connectivity index (χ1n) is 32.5. The molecule has 6 rings (SSSR count). The molecule has 0 aliphatic heterocycles. The highest BCUT2D eigenvalue weighted by Gasteiger charge is 2.31. The number of halogens is 4. The lowest BCUT2D eigenvalue weighted by Gasteiger charge is -2.23. The molecule has 1 saturated carbocycles. The molecule has 5 aromatic carbocycles. The minimum Gasteiger partial charge on any atom is -0.497 e. The van der Waals surface area contributed by atoms with Gasteiger partial charge in [0.15, 0.2) is 24.2 Å². The molecule has 588 valence electrons. The van der Waals surface area contributed by atoms with Crippen LogP contribution >= 0.6 is 0 Å². The van der Waals surface area contributed by atoms with E-state index in [0.29, 0.717) is 59.7 Å². The molecule has 0 heterocycles. The zero-order valence-electron chi connectivity index (χ0n) is 64.9. The van der Waals surface area contributed by atoms with Gasteiger partial charge in [-0.15, -0.1) is 0 Å². The summed E-state index contributed by atoms with van der Waals surface area (Å²) in [4.78, 5) is 86.0. The Labute approximate surface area is 611 Å². The number of benzene rings is 5. The van der Waals surface area contributed by atoms with Crippen molar-refractivity contribution < 1.29 is 132 Å². The Morgan fingerprint density at radius 3 is 1.08 bits per heavy atom. The van der Waals surface area contributed by atoms with Crippen LogP contribution in [0.25, 0.3) is 0 Å². The number of ether oxygens (including phenoxy) is 16. The van der Waals surface area contributed by atoms with Crippen LogP contribution in [0.3, 0.4) is 0 Å². The summed E-state index contributed by atoms with van der Waals surface area (Å²) in [5, 5.41) is 0. The summed E-state index contributed by atoms with van der Waals surface area (Å²) in [6, 6.07) is 27.6. The minimum absolute atomic E-state index is 0.0168. The highest BCUT2D eigenvalue weighted by molar-refractivity contribution is 5.91. The van der Waals surface area contributed by atoms with E-state index in [2.05, 4.69) is 72.9 Å². The fraction of sp³-hybridized carbons (Fsp3) is 0.500. The zero-order valence-corrected chi connectivity index (χ0v) is 64.9. The lowest BCUT2D eigenvalue weighted by atomic mass is 9.83. The maximum atomic E-state index is 13.2. The van der Waals surface area contributed by atoms with Crippen molar-refractivity contribution in [1.82, 2.24) is 0 Å². The Bertz CT molecular complexity index is 3050. The van der Waals surface area contributed by atoms with E-state index >= 15 is 0 Å². The summed E-state index contributed by atoms with van der Waals surface area (Å²) >= 11 is 0. The van der Waals surface area contributed by atoms with Crippen LogP contribution in [0.1, 0.15) is 158 Å². The molecule has 0 spiro atoms. The zero-order chi connectivity index (χ0) is 80.7. The highest BCUT2D eigenvalue weighted by atomic mass is 19.2. The third-order valence-electron chi connectivity index (χ3n) is 13.0. The molecule has 5 aromatic rings. The van der Waals surface area contributed by atoms with Crippen molar-refractivity contribution in [3.8, 4) is 23.0 Å². The second-order valence-electron chi connectivity index (χ2n) is 21.3. The Balaban J connectivity index is -0.000000356. The molecule has 1 aliphatic carbocycles. The number of esters is 8. The van der Waals surface area contributed by atoms with Crippen molar-refractivity contribution in [1.29, 1.82) is 0 Å². The molecule has 24 nitrogen and oxygen atoms in total. The second kappa shape index (κ2) is 65.6. The molecule has 0 aromatic heterocycles. The smallest absolute Gasteiger partial charge is 0.344 e. The van der Waals surface area contributed by atoms with Gasteiger partial charge in [0.05, 0.1) is 106 Å². The fourth-order valence-corrected chi connectivity index (χ4v) is 7.06. The van der Waals surface area contributed by atoms with Gasteiger partial charge in [0.2, 0.25) is 11.6 Å². The van der Waals surface area contributed by atoms with Crippen LogP contribution in [0, 0.1) is 53.9 Å². The van der Waals surface area contributed by atoms with E-state index in [1.54, 1.807) is 120 Å². The standard InChI is InChI=1S/C13H18O3.C10H12O4.C9H6F4O3.C9H10O3.C9H16O2.C9H10O2.C6H12O2.C4H10O2.C3H6O2.C2H6O.C2H6/c1-4-10(2)9-16-12-7-5-11(6-8-12)13(14)15-3;1-12-7-14-9-5-3-8(4-6-9)10(11)13-2;1-15-8-6(12)4(10)3(9(14)16-2)5(11)7(8)13;1-11-8-5-3-7(4-6-8)9(10)12-2;2*1-7-3-5-8(6-4-7)9(10)11-2;1-5(2)4-6(7)8-3;1-3-6-4-5-2;1-3(4)5-2;1-3-2;1-2/h5-8,10H,4,9H2,1-3H3;3-6H,7H2,1-2H3;1-2H3;3-6H,1-2H3;7-8H,3-6H2,1-2H3;3-6H,1-2H3;5H,4H2,1-3H3;3-4H2,1-2H3;1-2H3;1-2H3;1-2H3. The summed E-state index contributed by atoms with van der Waals surface area (Å²) in [6.45, 7) is 21.8. The van der Waals surface area contributed by atoms with Crippen molar-refractivity contribution in [2.24, 2.45) is 23.7 Å². The van der Waals surface area contributed by atoms with E-state index in [4.69, 9.17) is 23.7 Å². The first-order chi connectivity index (χ1) is 49.4. The molecule has 1 atom stereocenters. The van der Waals surface area contributed by atoms with Gasteiger partial charge >= 0.3 is 47.8 Å². The number of methoxy groups -OCH3 is 13. The van der Waals surface area contributed by atoms with Gasteiger partial charge in [0.1, 0.15) is 29.6 Å². The van der Waals surface area contributed by atoms with Crippen LogP contribution in [0.5, 0.6) is 23.0 Å². The van der Waals surface area contributed by atoms with Gasteiger partial charge < -0.3 is 75.8 Å². The van der Waals surface area contributed by atoms with Crippen LogP contribution in [-0.4, -0.2) is 174 Å². The summed E-state index contributed by atoms with van der Waals surface area (Å²) in [7, 11) is 19.3. The largest absolute Gasteiger partial charge is 0.497 e. The van der Waals surface area contributed by atoms with E-state index in [-0.39, 0.29) is 54.5 Å². The second-order valence-corrected chi connectivity index (χ2v) is 21.3. The first-order valence-corrected chi connectivity index (χ1v) is 32.5. The van der Waals surface area contributed by atoms with Crippen molar-refractivity contribution in [3.63, 3.8) is 0 Å². The predicted octanol–water partition coefficient (Wildman–Crippen LogP) is 14.9. The van der Waals surface area contributed by atoms with E-state index in [1.165, 1.54) is 69.5 Å². The molecule has 1 fully saturated rings. The Morgan fingerprint density at radius 1 is 0.452 bits per heavy atom. The maximum absolute atomic E-state index is 13.2. The molecule has 104 heavy (non-hydrogen) atoms. The molecule has 0 saturated heterocycles. The minimum atomic E-state index is -1.86. The van der Waals surface area contributed by atoms with E-state index in [1.807, 2.05) is 53.7 Å². The van der Waals surface area contributed by atoms with Gasteiger partial charge in [-0.2, -0.15) is 8.78 Å². The number of aryl methyl sites for hydroxylation is 1. The fourth-order valence-electron chi connectivity index (χ4n) is 7.06. The predicted molar refractivity (Wildman–Crippen MR) is 384 cm³/mol. The normalized spacial score (nSPS) is 11.9. The van der Waals surface area contributed by atoms with E-state index in [0.717, 1.165) is 63.1 Å². The third kappa shape index (κ3) is 48.5. The molecule has 28 heteroatoms. The molecular weight excluding hydrogens is 1370 g/mol. The lowest BCUT2D eigenvalue weighted by molar-refractivity contribution is -0.147. The van der Waals surface area contributed by atoms with E-state index in [9.17, 15) is 55.9 Å². The van der Waals surface area contributed by atoms with Gasteiger partial charge in [0, 0.05) is 48.4 Å². The van der Waals surface area contributed by atoms with Gasteiger partial charge in [-0.1, -0.05) is 72.6 Å². The van der Waals surface area contributed by atoms with Crippen molar-refractivity contribution in [3.05, 3.63) is 154 Å².